The molecule has 0 fully saturated rings. The summed E-state index contributed by atoms with van der Waals surface area (Å²) in [5.74, 6) is 0. The van der Waals surface area contributed by atoms with E-state index in [0.29, 0.717) is 0 Å². The Hall–Kier alpha value is -0.800. The van der Waals surface area contributed by atoms with E-state index in [4.69, 9.17) is 0 Å². The van der Waals surface area contributed by atoms with Gasteiger partial charge in [0.25, 0.3) is 0 Å². The van der Waals surface area contributed by atoms with E-state index in [1.807, 2.05) is 0 Å². The third-order valence-electron chi connectivity index (χ3n) is 2.26. The van der Waals surface area contributed by atoms with Crippen LogP contribution in [0.1, 0.15) is 45.4 Å². The molecule has 0 aliphatic carbocycles. The molecule has 0 aromatic carbocycles. The van der Waals surface area contributed by atoms with E-state index in [2.05, 4.69) is 34.5 Å². The summed E-state index contributed by atoms with van der Waals surface area (Å²) in [7, 11) is 0. The lowest BCUT2D eigenvalue weighted by Crippen LogP contribution is -2.20. The lowest BCUT2D eigenvalue weighted by molar-refractivity contribution is 0.359. The van der Waals surface area contributed by atoms with Crippen LogP contribution in [-0.2, 0) is 0 Å². The van der Waals surface area contributed by atoms with Crippen LogP contribution in [0.2, 0.25) is 0 Å². The van der Waals surface area contributed by atoms with Crippen molar-refractivity contribution in [2.75, 3.05) is 0 Å². The summed E-state index contributed by atoms with van der Waals surface area (Å²) in [6.07, 6.45) is 6.17. The lowest BCUT2D eigenvalue weighted by Gasteiger charge is -2.18. The summed E-state index contributed by atoms with van der Waals surface area (Å²) in [6, 6.07) is 0. The van der Waals surface area contributed by atoms with Crippen LogP contribution in [0.3, 0.4) is 0 Å². The highest BCUT2D eigenvalue weighted by atomic mass is 15.6. The second-order valence-corrected chi connectivity index (χ2v) is 3.42. The number of nitrogens with zero attached hydrogens (tertiary/aromatic N) is 4. The molecule has 1 aliphatic rings. The molecule has 0 saturated carbocycles. The van der Waals surface area contributed by atoms with Gasteiger partial charge in [-0.15, -0.1) is 10.2 Å². The van der Waals surface area contributed by atoms with Crippen molar-refractivity contribution in [1.29, 1.82) is 0 Å². The molecule has 0 aromatic heterocycles. The van der Waals surface area contributed by atoms with Crippen molar-refractivity contribution in [2.24, 2.45) is 20.7 Å². The van der Waals surface area contributed by atoms with Gasteiger partial charge in [0, 0.05) is 0 Å². The molecule has 0 saturated heterocycles. The maximum absolute atomic E-state index is 4.11. The Balaban J connectivity index is 2.44. The van der Waals surface area contributed by atoms with Crippen LogP contribution in [0.4, 0.5) is 0 Å². The van der Waals surface area contributed by atoms with E-state index in [1.165, 1.54) is 0 Å². The van der Waals surface area contributed by atoms with Crippen LogP contribution in [-0.4, -0.2) is 5.66 Å². The minimum absolute atomic E-state index is 0.326. The fourth-order valence-corrected chi connectivity index (χ4v) is 1.42. The number of hydrogen-bond acceptors (Lipinski definition) is 4. The first-order chi connectivity index (χ1) is 6.33. The van der Waals surface area contributed by atoms with Crippen molar-refractivity contribution in [3.8, 4) is 0 Å². The van der Waals surface area contributed by atoms with E-state index >= 15 is 0 Å². The standard InChI is InChI=1S/C9H17N4/c1-3-5-7-9(8-6-4-2)10-12-13-11-9/h1,3-8H2,2H3. The van der Waals surface area contributed by atoms with Crippen LogP contribution in [0, 0.1) is 6.92 Å². The molecule has 1 heterocycles. The Morgan fingerprint density at radius 3 is 2.23 bits per heavy atom. The highest BCUT2D eigenvalue weighted by molar-refractivity contribution is 4.84. The van der Waals surface area contributed by atoms with E-state index in [0.717, 1.165) is 38.5 Å². The van der Waals surface area contributed by atoms with Crippen LogP contribution >= 0.6 is 0 Å². The number of rotatable bonds is 6. The van der Waals surface area contributed by atoms with Gasteiger partial charge in [0.05, 0.1) is 0 Å². The predicted molar refractivity (Wildman–Crippen MR) is 51.2 cm³/mol. The monoisotopic (exact) mass is 181 g/mol. The first-order valence-corrected chi connectivity index (χ1v) is 4.96. The number of unbranched alkanes of at least 4 members (excludes halogenated alkanes) is 2. The zero-order valence-corrected chi connectivity index (χ0v) is 8.24. The highest BCUT2D eigenvalue weighted by Gasteiger charge is 2.31. The topological polar surface area (TPSA) is 49.4 Å². The molecule has 0 amide bonds. The molecule has 1 rings (SSSR count). The summed E-state index contributed by atoms with van der Waals surface area (Å²) in [6.45, 7) is 5.98. The van der Waals surface area contributed by atoms with Crippen molar-refractivity contribution in [3.05, 3.63) is 6.92 Å². The van der Waals surface area contributed by atoms with Crippen molar-refractivity contribution < 1.29 is 0 Å². The van der Waals surface area contributed by atoms with E-state index in [1.54, 1.807) is 0 Å². The average molecular weight is 181 g/mol. The van der Waals surface area contributed by atoms with Crippen LogP contribution in [0.25, 0.3) is 0 Å². The molecule has 73 valence electrons. The molecule has 13 heavy (non-hydrogen) atoms. The van der Waals surface area contributed by atoms with Gasteiger partial charge < -0.3 is 0 Å². The summed E-state index contributed by atoms with van der Waals surface area (Å²) >= 11 is 0. The molecule has 0 aromatic rings. The van der Waals surface area contributed by atoms with Crippen LogP contribution in [0.5, 0.6) is 0 Å². The molecular weight excluding hydrogens is 164 g/mol. The first-order valence-electron chi connectivity index (χ1n) is 4.96. The summed E-state index contributed by atoms with van der Waals surface area (Å²) < 4.78 is 0. The molecule has 4 heteroatoms. The smallest absolute Gasteiger partial charge is 0.135 e. The largest absolute Gasteiger partial charge is 0.195 e. The van der Waals surface area contributed by atoms with Gasteiger partial charge in [0.2, 0.25) is 0 Å². The maximum Gasteiger partial charge on any atom is 0.195 e. The molecule has 0 N–H and O–H groups in total. The Morgan fingerprint density at radius 1 is 1.08 bits per heavy atom. The van der Waals surface area contributed by atoms with Crippen molar-refractivity contribution in [2.45, 2.75) is 51.1 Å². The SMILES string of the molecule is [CH2]CCCC1(CCCC)N=NN=N1. The van der Waals surface area contributed by atoms with Gasteiger partial charge in [-0.2, -0.15) is 0 Å². The first kappa shape index (κ1) is 10.3. The second kappa shape index (κ2) is 5.04. The maximum atomic E-state index is 4.11. The van der Waals surface area contributed by atoms with Crippen molar-refractivity contribution >= 4 is 0 Å². The molecular formula is C9H17N4. The zero-order chi connectivity index (χ0) is 9.57. The van der Waals surface area contributed by atoms with Crippen molar-refractivity contribution in [3.63, 3.8) is 0 Å². The van der Waals surface area contributed by atoms with E-state index in [9.17, 15) is 0 Å². The lowest BCUT2D eigenvalue weighted by atomic mass is 9.98. The third kappa shape index (κ3) is 2.86. The van der Waals surface area contributed by atoms with Crippen LogP contribution in [0.15, 0.2) is 20.7 Å². The van der Waals surface area contributed by atoms with Gasteiger partial charge >= 0.3 is 0 Å². The van der Waals surface area contributed by atoms with Gasteiger partial charge in [-0.3, -0.25) is 0 Å². The summed E-state index contributed by atoms with van der Waals surface area (Å²) in [5, 5.41) is 15.4. The van der Waals surface area contributed by atoms with E-state index in [-0.39, 0.29) is 5.66 Å². The average Bonchev–Trinajstić information content (AvgIpc) is 2.61. The second-order valence-electron chi connectivity index (χ2n) is 3.42. The highest BCUT2D eigenvalue weighted by Crippen LogP contribution is 2.31. The van der Waals surface area contributed by atoms with Gasteiger partial charge in [-0.25, -0.2) is 0 Å². The van der Waals surface area contributed by atoms with Crippen molar-refractivity contribution in [1.82, 2.24) is 0 Å². The fourth-order valence-electron chi connectivity index (χ4n) is 1.42. The van der Waals surface area contributed by atoms with Gasteiger partial charge in [0.1, 0.15) is 0 Å². The normalized spacial score (nSPS) is 18.3. The Kier molecular flexibility index (Phi) is 3.99. The zero-order valence-electron chi connectivity index (χ0n) is 8.24. The molecule has 0 unspecified atom stereocenters. The van der Waals surface area contributed by atoms with E-state index < -0.39 is 0 Å². The van der Waals surface area contributed by atoms with Gasteiger partial charge in [-0.1, -0.05) is 26.7 Å². The molecule has 0 atom stereocenters. The Bertz CT molecular complexity index is 176. The Labute approximate surface area is 79.5 Å². The van der Waals surface area contributed by atoms with Crippen LogP contribution < -0.4 is 0 Å². The minimum atomic E-state index is -0.326. The quantitative estimate of drug-likeness (QED) is 0.599. The van der Waals surface area contributed by atoms with Gasteiger partial charge in [0.15, 0.2) is 5.66 Å². The third-order valence-corrected chi connectivity index (χ3v) is 2.26. The number of hydrogen-bond donors (Lipinski definition) is 0. The molecule has 1 radical (unpaired) electrons. The summed E-state index contributed by atoms with van der Waals surface area (Å²) in [5.41, 5.74) is -0.326. The fraction of sp³-hybridized carbons (Fsp3) is 0.889. The minimum Gasteiger partial charge on any atom is -0.135 e. The molecule has 4 nitrogen and oxygen atoms in total. The van der Waals surface area contributed by atoms with Gasteiger partial charge in [-0.05, 0) is 36.1 Å². The molecule has 0 bridgehead atoms. The molecule has 0 spiro atoms. The Morgan fingerprint density at radius 2 is 1.69 bits per heavy atom. The predicted octanol–water partition coefficient (Wildman–Crippen LogP) is 3.71. The molecule has 1 aliphatic heterocycles. The summed E-state index contributed by atoms with van der Waals surface area (Å²) in [4.78, 5) is 0.